The van der Waals surface area contributed by atoms with E-state index < -0.39 is 0 Å². The highest BCUT2D eigenvalue weighted by Crippen LogP contribution is 2.46. The number of hydrogen-bond acceptors (Lipinski definition) is 4. The van der Waals surface area contributed by atoms with Crippen LogP contribution in [0.5, 0.6) is 0 Å². The first-order valence-electron chi connectivity index (χ1n) is 7.85. The second kappa shape index (κ2) is 5.84. The van der Waals surface area contributed by atoms with Crippen LogP contribution in [0.4, 0.5) is 0 Å². The summed E-state index contributed by atoms with van der Waals surface area (Å²) in [6.07, 6.45) is 5.82. The smallest absolute Gasteiger partial charge is 0.220 e. The molecule has 0 saturated heterocycles. The molecule has 0 radical (unpaired) electrons. The molecule has 4 nitrogen and oxygen atoms in total. The van der Waals surface area contributed by atoms with Gasteiger partial charge in [-0.15, -0.1) is 10.2 Å². The van der Waals surface area contributed by atoms with Crippen molar-refractivity contribution in [2.24, 2.45) is 5.41 Å². The Balaban J connectivity index is 1.95. The highest BCUT2D eigenvalue weighted by atomic mass is 16.4. The molecule has 1 atom stereocenters. The Labute approximate surface area is 122 Å². The van der Waals surface area contributed by atoms with Crippen LogP contribution in [0.25, 0.3) is 0 Å². The number of aromatic nitrogens is 2. The maximum atomic E-state index is 5.91. The molecule has 1 aromatic heterocycles. The maximum Gasteiger partial charge on any atom is 0.220 e. The number of hydrogen-bond donors (Lipinski definition) is 1. The van der Waals surface area contributed by atoms with Crippen LogP contribution in [0.2, 0.25) is 0 Å². The zero-order chi connectivity index (χ0) is 14.8. The Kier molecular flexibility index (Phi) is 4.52. The number of nitrogens with one attached hydrogen (secondary N) is 1. The van der Waals surface area contributed by atoms with Gasteiger partial charge in [0.1, 0.15) is 0 Å². The van der Waals surface area contributed by atoms with Gasteiger partial charge >= 0.3 is 0 Å². The van der Waals surface area contributed by atoms with E-state index in [2.05, 4.69) is 50.1 Å². The lowest BCUT2D eigenvalue weighted by Gasteiger charge is -2.36. The summed E-state index contributed by atoms with van der Waals surface area (Å²) in [6, 6.07) is 0. The van der Waals surface area contributed by atoms with E-state index in [9.17, 15) is 0 Å². The SMILES string of the molecule is CC(C)(C)NCCc1nnc(C2CCCCC2(C)C)o1. The van der Waals surface area contributed by atoms with Crippen LogP contribution in [0, 0.1) is 5.41 Å². The Morgan fingerprint density at radius 3 is 2.65 bits per heavy atom. The Morgan fingerprint density at radius 2 is 2.00 bits per heavy atom. The second-order valence-corrected chi connectivity index (χ2v) is 7.75. The molecule has 0 aromatic carbocycles. The van der Waals surface area contributed by atoms with E-state index in [1.54, 1.807) is 0 Å². The van der Waals surface area contributed by atoms with Crippen LogP contribution in [0.3, 0.4) is 0 Å². The van der Waals surface area contributed by atoms with Crippen molar-refractivity contribution in [2.45, 2.75) is 78.2 Å². The van der Waals surface area contributed by atoms with Gasteiger partial charge < -0.3 is 9.73 Å². The van der Waals surface area contributed by atoms with Crippen LogP contribution >= 0.6 is 0 Å². The molecule has 2 rings (SSSR count). The number of nitrogens with zero attached hydrogens (tertiary/aromatic N) is 2. The summed E-state index contributed by atoms with van der Waals surface area (Å²) < 4.78 is 5.91. The molecule has 0 bridgehead atoms. The lowest BCUT2D eigenvalue weighted by Crippen LogP contribution is -2.37. The molecule has 1 fully saturated rings. The Hall–Kier alpha value is -0.900. The molecule has 114 valence electrons. The number of rotatable bonds is 4. The summed E-state index contributed by atoms with van der Waals surface area (Å²) in [5, 5.41) is 12.0. The lowest BCUT2D eigenvalue weighted by atomic mass is 9.69. The quantitative estimate of drug-likeness (QED) is 0.913. The average Bonchev–Trinajstić information content (AvgIpc) is 2.75. The van der Waals surface area contributed by atoms with E-state index >= 15 is 0 Å². The van der Waals surface area contributed by atoms with Gasteiger partial charge in [-0.25, -0.2) is 0 Å². The zero-order valence-corrected chi connectivity index (χ0v) is 13.6. The van der Waals surface area contributed by atoms with Gasteiger partial charge in [-0.1, -0.05) is 26.7 Å². The molecule has 0 aliphatic heterocycles. The molecule has 1 saturated carbocycles. The second-order valence-electron chi connectivity index (χ2n) is 7.75. The highest BCUT2D eigenvalue weighted by Gasteiger charge is 2.36. The van der Waals surface area contributed by atoms with Crippen molar-refractivity contribution in [1.82, 2.24) is 15.5 Å². The van der Waals surface area contributed by atoms with Gasteiger partial charge in [0.15, 0.2) is 0 Å². The molecular formula is C16H29N3O. The Bertz CT molecular complexity index is 431. The van der Waals surface area contributed by atoms with Crippen LogP contribution in [-0.2, 0) is 6.42 Å². The average molecular weight is 279 g/mol. The monoisotopic (exact) mass is 279 g/mol. The standard InChI is InChI=1S/C16H29N3O/c1-15(2,3)17-11-9-13-18-19-14(20-13)12-8-6-7-10-16(12,4)5/h12,17H,6-11H2,1-5H3. The van der Waals surface area contributed by atoms with E-state index in [0.29, 0.717) is 5.92 Å². The van der Waals surface area contributed by atoms with E-state index in [-0.39, 0.29) is 11.0 Å². The van der Waals surface area contributed by atoms with Gasteiger partial charge in [0.25, 0.3) is 0 Å². The van der Waals surface area contributed by atoms with Crippen molar-refractivity contribution in [2.75, 3.05) is 6.54 Å². The molecule has 1 heterocycles. The minimum Gasteiger partial charge on any atom is -0.425 e. The summed E-state index contributed by atoms with van der Waals surface area (Å²) in [6.45, 7) is 12.0. The third-order valence-electron chi connectivity index (χ3n) is 4.28. The van der Waals surface area contributed by atoms with Gasteiger partial charge in [0.05, 0.1) is 0 Å². The molecule has 0 spiro atoms. The first kappa shape index (κ1) is 15.5. The third kappa shape index (κ3) is 4.05. The summed E-state index contributed by atoms with van der Waals surface area (Å²) in [5.74, 6) is 2.03. The van der Waals surface area contributed by atoms with Crippen LogP contribution < -0.4 is 5.32 Å². The van der Waals surface area contributed by atoms with E-state index in [4.69, 9.17) is 4.42 Å². The molecule has 4 heteroatoms. The molecule has 1 aliphatic carbocycles. The summed E-state index contributed by atoms with van der Waals surface area (Å²) in [7, 11) is 0. The van der Waals surface area contributed by atoms with Gasteiger partial charge in [-0.3, -0.25) is 0 Å². The minimum atomic E-state index is 0.133. The van der Waals surface area contributed by atoms with Gasteiger partial charge in [0.2, 0.25) is 11.8 Å². The van der Waals surface area contributed by atoms with E-state index in [0.717, 1.165) is 24.7 Å². The van der Waals surface area contributed by atoms with Crippen molar-refractivity contribution in [3.63, 3.8) is 0 Å². The van der Waals surface area contributed by atoms with Gasteiger partial charge in [-0.05, 0) is 39.0 Å². The fourth-order valence-corrected chi connectivity index (χ4v) is 3.00. The molecule has 0 amide bonds. The summed E-state index contributed by atoms with van der Waals surface area (Å²) in [5.41, 5.74) is 0.417. The molecule has 1 N–H and O–H groups in total. The first-order chi connectivity index (χ1) is 9.28. The molecule has 20 heavy (non-hydrogen) atoms. The predicted octanol–water partition coefficient (Wildman–Crippen LogP) is 3.68. The largest absolute Gasteiger partial charge is 0.425 e. The Morgan fingerprint density at radius 1 is 1.25 bits per heavy atom. The van der Waals surface area contributed by atoms with Crippen LogP contribution in [0.15, 0.2) is 4.42 Å². The van der Waals surface area contributed by atoms with Crippen LogP contribution in [-0.4, -0.2) is 22.3 Å². The normalized spacial score (nSPS) is 22.9. The predicted molar refractivity (Wildman–Crippen MR) is 80.7 cm³/mol. The molecule has 1 aromatic rings. The highest BCUT2D eigenvalue weighted by molar-refractivity contribution is 5.01. The van der Waals surface area contributed by atoms with Crippen molar-refractivity contribution >= 4 is 0 Å². The van der Waals surface area contributed by atoms with Crippen molar-refractivity contribution in [3.05, 3.63) is 11.8 Å². The minimum absolute atomic E-state index is 0.133. The lowest BCUT2D eigenvalue weighted by molar-refractivity contribution is 0.171. The summed E-state index contributed by atoms with van der Waals surface area (Å²) in [4.78, 5) is 0. The van der Waals surface area contributed by atoms with Gasteiger partial charge in [0, 0.05) is 24.4 Å². The first-order valence-corrected chi connectivity index (χ1v) is 7.85. The van der Waals surface area contributed by atoms with Crippen LogP contribution in [0.1, 0.15) is 78.0 Å². The fourth-order valence-electron chi connectivity index (χ4n) is 3.00. The van der Waals surface area contributed by atoms with Gasteiger partial charge in [-0.2, -0.15) is 0 Å². The van der Waals surface area contributed by atoms with Crippen molar-refractivity contribution < 1.29 is 4.42 Å². The van der Waals surface area contributed by atoms with E-state index in [1.165, 1.54) is 25.7 Å². The topological polar surface area (TPSA) is 51.0 Å². The van der Waals surface area contributed by atoms with Crippen molar-refractivity contribution in [1.29, 1.82) is 0 Å². The molecule has 1 unspecified atom stereocenters. The zero-order valence-electron chi connectivity index (χ0n) is 13.6. The maximum absolute atomic E-state index is 5.91. The van der Waals surface area contributed by atoms with E-state index in [1.807, 2.05) is 0 Å². The third-order valence-corrected chi connectivity index (χ3v) is 4.28. The fraction of sp³-hybridized carbons (Fsp3) is 0.875. The molecular weight excluding hydrogens is 250 g/mol. The molecule has 1 aliphatic rings. The summed E-state index contributed by atoms with van der Waals surface area (Å²) >= 11 is 0. The van der Waals surface area contributed by atoms with Crippen molar-refractivity contribution in [3.8, 4) is 0 Å².